The van der Waals surface area contributed by atoms with Gasteiger partial charge in [-0.15, -0.1) is 0 Å². The third-order valence-electron chi connectivity index (χ3n) is 2.41. The van der Waals surface area contributed by atoms with Gasteiger partial charge >= 0.3 is 0 Å². The summed E-state index contributed by atoms with van der Waals surface area (Å²) in [5.41, 5.74) is 6.93. The molecule has 0 unspecified atom stereocenters. The molecule has 0 fully saturated rings. The van der Waals surface area contributed by atoms with E-state index in [1.54, 1.807) is 12.1 Å². The lowest BCUT2D eigenvalue weighted by Crippen LogP contribution is -2.33. The van der Waals surface area contributed by atoms with Crippen molar-refractivity contribution in [2.45, 2.75) is 19.9 Å². The molecule has 4 nitrogen and oxygen atoms in total. The Morgan fingerprint density at radius 2 is 2.06 bits per heavy atom. The predicted molar refractivity (Wildman–Crippen MR) is 65.9 cm³/mol. The van der Waals surface area contributed by atoms with Crippen LogP contribution in [0.5, 0.6) is 0 Å². The third-order valence-corrected chi connectivity index (χ3v) is 2.41. The van der Waals surface area contributed by atoms with Crippen molar-refractivity contribution in [2.75, 3.05) is 13.1 Å². The van der Waals surface area contributed by atoms with Gasteiger partial charge in [0.2, 0.25) is 5.91 Å². The molecule has 0 aliphatic rings. The SMILES string of the molecule is CCCN(CC(N)=O)Cc1ccc(C#N)cc1. The summed E-state index contributed by atoms with van der Waals surface area (Å²) in [5.74, 6) is -0.313. The van der Waals surface area contributed by atoms with Crippen LogP contribution >= 0.6 is 0 Å². The largest absolute Gasteiger partial charge is 0.369 e. The van der Waals surface area contributed by atoms with Gasteiger partial charge in [-0.2, -0.15) is 5.26 Å². The minimum atomic E-state index is -0.313. The molecule has 90 valence electrons. The first kappa shape index (κ1) is 13.2. The van der Waals surface area contributed by atoms with Crippen molar-refractivity contribution in [3.63, 3.8) is 0 Å². The van der Waals surface area contributed by atoms with Crippen molar-refractivity contribution >= 4 is 5.91 Å². The fraction of sp³-hybridized carbons (Fsp3) is 0.385. The fourth-order valence-corrected chi connectivity index (χ4v) is 1.69. The average Bonchev–Trinajstić information content (AvgIpc) is 2.29. The molecule has 0 aliphatic carbocycles. The number of amides is 1. The number of hydrogen-bond donors (Lipinski definition) is 1. The molecular weight excluding hydrogens is 214 g/mol. The zero-order chi connectivity index (χ0) is 12.7. The Balaban J connectivity index is 2.65. The van der Waals surface area contributed by atoms with E-state index in [0.29, 0.717) is 12.1 Å². The van der Waals surface area contributed by atoms with E-state index < -0.39 is 0 Å². The number of carbonyl (C=O) groups excluding carboxylic acids is 1. The molecule has 0 bridgehead atoms. The van der Waals surface area contributed by atoms with Crippen LogP contribution < -0.4 is 5.73 Å². The molecular formula is C13H17N3O. The lowest BCUT2D eigenvalue weighted by atomic mass is 10.1. The maximum atomic E-state index is 10.9. The first-order valence-corrected chi connectivity index (χ1v) is 5.65. The standard InChI is InChI=1S/C13H17N3O/c1-2-7-16(10-13(15)17)9-12-5-3-11(8-14)4-6-12/h3-6H,2,7,9-10H2,1H3,(H2,15,17). The van der Waals surface area contributed by atoms with Crippen molar-refractivity contribution in [3.05, 3.63) is 35.4 Å². The normalized spacial score (nSPS) is 10.2. The second-order valence-corrected chi connectivity index (χ2v) is 3.99. The second-order valence-electron chi connectivity index (χ2n) is 3.99. The maximum absolute atomic E-state index is 10.9. The molecule has 1 rings (SSSR count). The summed E-state index contributed by atoms with van der Waals surface area (Å²) in [6.45, 7) is 3.85. The Bertz CT molecular complexity index is 406. The van der Waals surface area contributed by atoms with Crippen molar-refractivity contribution in [1.82, 2.24) is 4.90 Å². The van der Waals surface area contributed by atoms with Crippen LogP contribution in [0.1, 0.15) is 24.5 Å². The van der Waals surface area contributed by atoms with Gasteiger partial charge in [-0.1, -0.05) is 19.1 Å². The molecule has 0 atom stereocenters. The van der Waals surface area contributed by atoms with Gasteiger partial charge in [-0.3, -0.25) is 9.69 Å². The Labute approximate surface area is 102 Å². The van der Waals surface area contributed by atoms with E-state index >= 15 is 0 Å². The molecule has 0 saturated heterocycles. The highest BCUT2D eigenvalue weighted by Gasteiger charge is 2.07. The van der Waals surface area contributed by atoms with Gasteiger partial charge in [-0.05, 0) is 30.7 Å². The van der Waals surface area contributed by atoms with E-state index in [2.05, 4.69) is 13.0 Å². The summed E-state index contributed by atoms with van der Waals surface area (Å²) in [6.07, 6.45) is 0.976. The van der Waals surface area contributed by atoms with Gasteiger partial charge in [-0.25, -0.2) is 0 Å². The highest BCUT2D eigenvalue weighted by atomic mass is 16.1. The smallest absolute Gasteiger partial charge is 0.231 e. The lowest BCUT2D eigenvalue weighted by molar-refractivity contribution is -0.119. The van der Waals surface area contributed by atoms with Crippen LogP contribution in [0.15, 0.2) is 24.3 Å². The Morgan fingerprint density at radius 3 is 2.53 bits per heavy atom. The molecule has 4 heteroatoms. The Kier molecular flexibility index (Phi) is 5.18. The van der Waals surface area contributed by atoms with Crippen LogP contribution in [0.3, 0.4) is 0 Å². The molecule has 0 heterocycles. The van der Waals surface area contributed by atoms with Gasteiger partial charge in [0.05, 0.1) is 18.2 Å². The first-order valence-electron chi connectivity index (χ1n) is 5.65. The van der Waals surface area contributed by atoms with E-state index in [9.17, 15) is 4.79 Å². The predicted octanol–water partition coefficient (Wildman–Crippen LogP) is 1.26. The van der Waals surface area contributed by atoms with Crippen LogP contribution in [0.25, 0.3) is 0 Å². The highest BCUT2D eigenvalue weighted by Crippen LogP contribution is 2.07. The number of primary amides is 1. The van der Waals surface area contributed by atoms with Gasteiger partial charge in [0.15, 0.2) is 0 Å². The summed E-state index contributed by atoms with van der Waals surface area (Å²) < 4.78 is 0. The number of nitrogens with two attached hydrogens (primary N) is 1. The minimum absolute atomic E-state index is 0.272. The van der Waals surface area contributed by atoms with E-state index in [4.69, 9.17) is 11.0 Å². The summed E-state index contributed by atoms with van der Waals surface area (Å²) in [5, 5.41) is 8.69. The number of hydrogen-bond acceptors (Lipinski definition) is 3. The summed E-state index contributed by atoms with van der Waals surface area (Å²) in [4.78, 5) is 12.9. The molecule has 1 amide bonds. The monoisotopic (exact) mass is 231 g/mol. The quantitative estimate of drug-likeness (QED) is 0.801. The molecule has 0 aromatic heterocycles. The van der Waals surface area contributed by atoms with Crippen molar-refractivity contribution in [3.8, 4) is 6.07 Å². The fourth-order valence-electron chi connectivity index (χ4n) is 1.69. The molecule has 1 aromatic carbocycles. The molecule has 0 spiro atoms. The van der Waals surface area contributed by atoms with Crippen LogP contribution in [0.2, 0.25) is 0 Å². The summed E-state index contributed by atoms with van der Waals surface area (Å²) >= 11 is 0. The highest BCUT2D eigenvalue weighted by molar-refractivity contribution is 5.75. The number of nitriles is 1. The van der Waals surface area contributed by atoms with Crippen LogP contribution in [-0.2, 0) is 11.3 Å². The van der Waals surface area contributed by atoms with Gasteiger partial charge in [0, 0.05) is 6.54 Å². The minimum Gasteiger partial charge on any atom is -0.369 e. The number of nitrogens with zero attached hydrogens (tertiary/aromatic N) is 2. The van der Waals surface area contributed by atoms with Gasteiger partial charge in [0.1, 0.15) is 0 Å². The van der Waals surface area contributed by atoms with Crippen LogP contribution in [0.4, 0.5) is 0 Å². The Morgan fingerprint density at radius 1 is 1.41 bits per heavy atom. The van der Waals surface area contributed by atoms with Crippen LogP contribution in [0, 0.1) is 11.3 Å². The number of rotatable bonds is 6. The van der Waals surface area contributed by atoms with E-state index in [1.807, 2.05) is 17.0 Å². The molecule has 17 heavy (non-hydrogen) atoms. The number of carbonyl (C=O) groups is 1. The zero-order valence-electron chi connectivity index (χ0n) is 10.0. The first-order chi connectivity index (χ1) is 8.15. The number of benzene rings is 1. The Hall–Kier alpha value is -1.86. The molecule has 1 aromatic rings. The van der Waals surface area contributed by atoms with Gasteiger partial charge < -0.3 is 5.73 Å². The van der Waals surface area contributed by atoms with Crippen molar-refractivity contribution in [1.29, 1.82) is 5.26 Å². The molecule has 0 aliphatic heterocycles. The van der Waals surface area contributed by atoms with Gasteiger partial charge in [0.25, 0.3) is 0 Å². The van der Waals surface area contributed by atoms with Crippen molar-refractivity contribution in [2.24, 2.45) is 5.73 Å². The van der Waals surface area contributed by atoms with E-state index in [1.165, 1.54) is 0 Å². The lowest BCUT2D eigenvalue weighted by Gasteiger charge is -2.19. The zero-order valence-corrected chi connectivity index (χ0v) is 10.0. The third kappa shape index (κ3) is 4.66. The van der Waals surface area contributed by atoms with Crippen molar-refractivity contribution < 1.29 is 4.79 Å². The topological polar surface area (TPSA) is 70.1 Å². The summed E-state index contributed by atoms with van der Waals surface area (Å²) in [6, 6.07) is 9.45. The summed E-state index contributed by atoms with van der Waals surface area (Å²) in [7, 11) is 0. The maximum Gasteiger partial charge on any atom is 0.231 e. The van der Waals surface area contributed by atoms with E-state index in [0.717, 1.165) is 18.5 Å². The molecule has 0 saturated carbocycles. The molecule has 0 radical (unpaired) electrons. The van der Waals surface area contributed by atoms with E-state index in [-0.39, 0.29) is 12.5 Å². The second kappa shape index (κ2) is 6.66. The van der Waals surface area contributed by atoms with Crippen LogP contribution in [-0.4, -0.2) is 23.9 Å². The average molecular weight is 231 g/mol. The molecule has 2 N–H and O–H groups in total.